The highest BCUT2D eigenvalue weighted by atomic mass is 16.5. The molecule has 112 heavy (non-hydrogen) atoms. The van der Waals surface area contributed by atoms with Gasteiger partial charge in [-0.3, -0.25) is 9.80 Å². The molecule has 688 valence electrons. The molecule has 25 nitrogen and oxygen atoms in total. The SMILES string of the molecule is CC(C)(CN)CN.CCCCC.CCCCCCCCCCCCN1CCCC1.CCN(CC)CC.CCN1CCCCC1.CCN1CCNCC1.CCN1CCOCC1.CN(C)CCCN(C)C.NCCCN.NCCO.OCCCCCO.OCCN(CCO)CCO.OCCN1CCCC1.OCCN1CCCCC1. The van der Waals surface area contributed by atoms with E-state index in [2.05, 4.69) is 140 Å². The van der Waals surface area contributed by atoms with Crippen LogP contribution in [-0.2, 0) is 4.74 Å². The Kier molecular flexibility index (Phi) is 127. The maximum Gasteiger partial charge on any atom is 0.0594 e. The Morgan fingerprint density at radius 2 is 0.616 bits per heavy atom. The van der Waals surface area contributed by atoms with Crippen LogP contribution in [0.25, 0.3) is 0 Å². The standard InChI is InChI=1S/C16H33N.C7H18N2.C7H15NO.C7H15N.C6H14N2.C6H15NO3.2C6H13NO.C6H15N.C5H14N2.C5H12O2.C5H12.C3H10N2.C2H7NO/c1-2-3-4-5-6-7-8-9-10-11-14-17-15-12-13-16-17;1-8(2)6-5-7-9(3)4;9-7-6-8-4-2-1-3-5-8;1-2-8-6-4-3-5-7-8;1-2-8-5-3-7-4-6-8;8-4-1-7(2-5-9)3-6-10;1-2-7-3-5-8-6-4-7;8-6-5-7-3-1-2-4-7;1-4-7(5-2)6-3;1-5(2,3-6)4-7;6-4-2-1-3-5-7;1-3-5-4-2;4-2-1-3-5;3-1-2-4/h2-16H2,1H3;5-7H2,1-4H3;9H,1-7H2;2-7H2,1H3;7H,2-6H2,1H3;8-10H,1-6H2;2-6H2,1H3;8H,1-6H2;4-6H2,1-3H3;3-4,6-7H2,1-2H3;6-7H,1-5H2;3-5H2,1-2H3;1-5H2;4H,1-3H2. The highest BCUT2D eigenvalue weighted by Gasteiger charge is 2.13. The molecule has 0 atom stereocenters. The Hall–Kier alpha value is -1.00. The number of morpholine rings is 1. The normalized spacial score (nSPS) is 15.9. The van der Waals surface area contributed by atoms with Crippen LogP contribution in [0, 0.1) is 5.41 Å². The molecule has 0 spiro atoms. The number of likely N-dealkylation sites (N-methyl/N-ethyl adjacent to an activating group) is 2. The fourth-order valence-corrected chi connectivity index (χ4v) is 11.6. The van der Waals surface area contributed by atoms with Crippen molar-refractivity contribution in [3.8, 4) is 0 Å². The summed E-state index contributed by atoms with van der Waals surface area (Å²) in [7, 11) is 8.43. The predicted molar refractivity (Wildman–Crippen MR) is 488 cm³/mol. The van der Waals surface area contributed by atoms with E-state index in [9.17, 15) is 0 Å². The summed E-state index contributed by atoms with van der Waals surface area (Å²) >= 11 is 0. The lowest BCUT2D eigenvalue weighted by Gasteiger charge is -2.25. The largest absolute Gasteiger partial charge is 0.396 e. The lowest BCUT2D eigenvalue weighted by atomic mass is 9.95. The van der Waals surface area contributed by atoms with Crippen LogP contribution in [0.4, 0.5) is 0 Å². The fourth-order valence-electron chi connectivity index (χ4n) is 11.6. The average molecular weight is 1620 g/mol. The van der Waals surface area contributed by atoms with E-state index < -0.39 is 0 Å². The average Bonchev–Trinajstić information content (AvgIpc) is 1.71. The number of unbranched alkanes of at least 4 members (excludes halogenated alkanes) is 13. The van der Waals surface area contributed by atoms with E-state index in [1.165, 1.54) is 292 Å². The Labute approximate surface area is 696 Å². The minimum atomic E-state index is 0.0694. The zero-order chi connectivity index (χ0) is 85.9. The Balaban J connectivity index is -0.000000176. The molecule has 6 aliphatic heterocycles. The first-order valence-corrected chi connectivity index (χ1v) is 45.9. The molecule has 6 rings (SSSR count). The van der Waals surface area contributed by atoms with Crippen LogP contribution in [0.1, 0.15) is 256 Å². The number of nitrogens with two attached hydrogens (primary N) is 5. The van der Waals surface area contributed by atoms with E-state index in [0.29, 0.717) is 52.5 Å². The van der Waals surface area contributed by atoms with Crippen LogP contribution < -0.4 is 34.0 Å². The van der Waals surface area contributed by atoms with Gasteiger partial charge in [-0.2, -0.15) is 0 Å². The van der Waals surface area contributed by atoms with Gasteiger partial charge in [0.25, 0.3) is 0 Å². The number of rotatable bonds is 42. The van der Waals surface area contributed by atoms with Gasteiger partial charge in [0.2, 0.25) is 0 Å². The minimum absolute atomic E-state index is 0.0694. The molecular weight excluding hydrogens is 1410 g/mol. The third kappa shape index (κ3) is 115. The lowest BCUT2D eigenvalue weighted by molar-refractivity contribution is 0.0405. The molecule has 0 saturated carbocycles. The third-order valence-corrected chi connectivity index (χ3v) is 19.6. The van der Waals surface area contributed by atoms with Gasteiger partial charge in [-0.25, -0.2) is 0 Å². The fraction of sp³-hybridized carbons (Fsp3) is 1.00. The Morgan fingerprint density at radius 1 is 0.304 bits per heavy atom. The van der Waals surface area contributed by atoms with E-state index in [1.54, 1.807) is 4.90 Å². The van der Waals surface area contributed by atoms with Crippen LogP contribution >= 0.6 is 0 Å². The number of hydrogen-bond donors (Lipinski definition) is 14. The van der Waals surface area contributed by atoms with Gasteiger partial charge in [0.1, 0.15) is 0 Å². The number of hydrogen-bond acceptors (Lipinski definition) is 25. The molecule has 0 bridgehead atoms. The summed E-state index contributed by atoms with van der Waals surface area (Å²) in [6, 6.07) is 0. The van der Waals surface area contributed by atoms with Crippen LogP contribution in [0.5, 0.6) is 0 Å². The molecule has 6 heterocycles. The highest BCUT2D eigenvalue weighted by molar-refractivity contribution is 4.70. The van der Waals surface area contributed by atoms with Crippen molar-refractivity contribution >= 4 is 0 Å². The number of likely N-dealkylation sites (tertiary alicyclic amines) is 4. The van der Waals surface area contributed by atoms with Crippen LogP contribution in [0.3, 0.4) is 0 Å². The molecule has 0 aromatic carbocycles. The topological polar surface area (TPSA) is 346 Å². The number of nitrogens with one attached hydrogen (secondary N) is 1. The smallest absolute Gasteiger partial charge is 0.0594 e. The van der Waals surface area contributed by atoms with Crippen molar-refractivity contribution in [2.75, 3.05) is 310 Å². The van der Waals surface area contributed by atoms with E-state index in [4.69, 9.17) is 74.3 Å². The molecule has 0 aliphatic carbocycles. The van der Waals surface area contributed by atoms with Crippen LogP contribution in [0.2, 0.25) is 0 Å². The van der Waals surface area contributed by atoms with Gasteiger partial charge in [-0.15, -0.1) is 0 Å². The molecule has 19 N–H and O–H groups in total. The summed E-state index contributed by atoms with van der Waals surface area (Å²) in [5, 5.41) is 70.0. The minimum Gasteiger partial charge on any atom is -0.396 e. The molecule has 0 radical (unpaired) electrons. The van der Waals surface area contributed by atoms with Crippen molar-refractivity contribution < 1.29 is 45.6 Å². The van der Waals surface area contributed by atoms with Gasteiger partial charge in [0.15, 0.2) is 0 Å². The first-order valence-electron chi connectivity index (χ1n) is 45.9. The van der Waals surface area contributed by atoms with Gasteiger partial charge in [0.05, 0.1) is 52.9 Å². The second-order valence-electron chi connectivity index (χ2n) is 30.8. The Bertz CT molecular complexity index is 1440. The third-order valence-electron chi connectivity index (χ3n) is 19.6. The van der Waals surface area contributed by atoms with E-state index in [-0.39, 0.29) is 45.1 Å². The molecule has 6 saturated heterocycles. The van der Waals surface area contributed by atoms with Crippen molar-refractivity contribution in [2.24, 2.45) is 34.1 Å². The number of aliphatic hydroxyl groups is 8. The number of piperazine rings is 1. The second kappa shape index (κ2) is 112. The number of piperidine rings is 2. The first kappa shape index (κ1) is 127. The van der Waals surface area contributed by atoms with Crippen molar-refractivity contribution in [1.82, 2.24) is 54.3 Å². The molecule has 25 heteroatoms. The molecule has 0 amide bonds. The highest BCUT2D eigenvalue weighted by Crippen LogP contribution is 2.14. The lowest BCUT2D eigenvalue weighted by Crippen LogP contribution is -2.43. The summed E-state index contributed by atoms with van der Waals surface area (Å²) < 4.78 is 5.16. The van der Waals surface area contributed by atoms with Crippen molar-refractivity contribution in [2.45, 2.75) is 256 Å². The Morgan fingerprint density at radius 3 is 0.848 bits per heavy atom. The zero-order valence-electron chi connectivity index (χ0n) is 77.5. The number of aliphatic hydroxyl groups excluding tert-OH is 8. The van der Waals surface area contributed by atoms with Crippen molar-refractivity contribution in [1.29, 1.82) is 0 Å². The molecule has 6 aliphatic rings. The number of nitrogens with zero attached hydrogens (tertiary/aromatic N) is 10. The van der Waals surface area contributed by atoms with Gasteiger partial charge >= 0.3 is 0 Å². The monoisotopic (exact) mass is 1620 g/mol. The number of β-amino-alcohol motifs (C(OH)–C–C–N with tert-alkyl or cyclic N) is 2. The van der Waals surface area contributed by atoms with Gasteiger partial charge < -0.3 is 119 Å². The summed E-state index contributed by atoms with van der Waals surface area (Å²) in [4.78, 5) is 23.2. The summed E-state index contributed by atoms with van der Waals surface area (Å²) in [5.74, 6) is 0. The maximum atomic E-state index is 8.58. The molecule has 0 unspecified atom stereocenters. The van der Waals surface area contributed by atoms with Crippen molar-refractivity contribution in [3.05, 3.63) is 0 Å². The summed E-state index contributed by atoms with van der Waals surface area (Å²) in [5.41, 5.74) is 25.7. The first-order chi connectivity index (χ1) is 54.2. The van der Waals surface area contributed by atoms with Crippen LogP contribution in [0.15, 0.2) is 0 Å². The van der Waals surface area contributed by atoms with Crippen molar-refractivity contribution in [3.63, 3.8) is 0 Å². The van der Waals surface area contributed by atoms with Gasteiger partial charge in [-0.05, 0) is 261 Å². The summed E-state index contributed by atoms with van der Waals surface area (Å²) in [6.45, 7) is 62.0. The van der Waals surface area contributed by atoms with Gasteiger partial charge in [0, 0.05) is 91.8 Å². The molecule has 0 aromatic heterocycles. The van der Waals surface area contributed by atoms with E-state index in [0.717, 1.165) is 78.2 Å². The molecule has 0 aromatic rings. The van der Waals surface area contributed by atoms with Gasteiger partial charge in [-0.1, -0.05) is 166 Å². The summed E-state index contributed by atoms with van der Waals surface area (Å²) in [6.07, 6.45) is 37.3. The molecular formula is C87H206N16O9. The zero-order valence-corrected chi connectivity index (χ0v) is 77.5. The van der Waals surface area contributed by atoms with E-state index >= 15 is 0 Å². The quantitative estimate of drug-likeness (QED) is 0.0258. The second-order valence-corrected chi connectivity index (χ2v) is 30.8. The number of ether oxygens (including phenoxy) is 1. The predicted octanol–water partition coefficient (Wildman–Crippen LogP) is 7.90. The molecule has 6 fully saturated rings. The van der Waals surface area contributed by atoms with Crippen LogP contribution in [-0.4, -0.2) is 400 Å². The van der Waals surface area contributed by atoms with E-state index in [1.807, 2.05) is 13.8 Å². The maximum absolute atomic E-state index is 8.58.